The lowest BCUT2D eigenvalue weighted by Crippen LogP contribution is -2.32. The molecule has 0 spiro atoms. The van der Waals surface area contributed by atoms with Gasteiger partial charge in [-0.2, -0.15) is 0 Å². The standard InChI is InChI=1S/C17H17N3O2/c18-12-4-1-3-10(7-12)13-5-2-6-14-11(9-20-16(13)14)8-15(19)17(21)22/h1-7,9,15,20H,8,18-19H2,(H,21,22)/t15-/m0/s1. The molecule has 1 aromatic heterocycles. The molecule has 2 aromatic carbocycles. The molecule has 0 amide bonds. The fourth-order valence-corrected chi connectivity index (χ4v) is 2.65. The molecule has 0 saturated carbocycles. The maximum absolute atomic E-state index is 10.9. The van der Waals surface area contributed by atoms with Crippen LogP contribution in [-0.2, 0) is 11.2 Å². The number of rotatable bonds is 4. The number of para-hydroxylation sites is 1. The van der Waals surface area contributed by atoms with E-state index in [-0.39, 0.29) is 6.42 Å². The lowest BCUT2D eigenvalue weighted by molar-refractivity contribution is -0.138. The summed E-state index contributed by atoms with van der Waals surface area (Å²) in [6.45, 7) is 0. The van der Waals surface area contributed by atoms with E-state index in [9.17, 15) is 4.79 Å². The first kappa shape index (κ1) is 14.2. The third kappa shape index (κ3) is 2.54. The molecule has 0 fully saturated rings. The van der Waals surface area contributed by atoms with Gasteiger partial charge in [-0.1, -0.05) is 30.3 Å². The third-order valence-electron chi connectivity index (χ3n) is 3.76. The Morgan fingerprint density at radius 2 is 2.00 bits per heavy atom. The van der Waals surface area contributed by atoms with E-state index in [4.69, 9.17) is 16.6 Å². The van der Waals surface area contributed by atoms with Gasteiger partial charge in [0.25, 0.3) is 0 Å². The lowest BCUT2D eigenvalue weighted by Gasteiger charge is -2.07. The van der Waals surface area contributed by atoms with Crippen LogP contribution in [0.3, 0.4) is 0 Å². The Balaban J connectivity index is 2.08. The molecule has 3 aromatic rings. The van der Waals surface area contributed by atoms with E-state index in [0.717, 1.165) is 27.6 Å². The maximum Gasteiger partial charge on any atom is 0.320 e. The Kier molecular flexibility index (Phi) is 3.56. The van der Waals surface area contributed by atoms with Crippen LogP contribution in [-0.4, -0.2) is 22.1 Å². The zero-order valence-corrected chi connectivity index (χ0v) is 11.9. The van der Waals surface area contributed by atoms with E-state index in [1.807, 2.05) is 48.7 Å². The van der Waals surface area contributed by atoms with Crippen LogP contribution in [0.15, 0.2) is 48.7 Å². The topological polar surface area (TPSA) is 105 Å². The molecule has 0 aliphatic carbocycles. The fraction of sp³-hybridized carbons (Fsp3) is 0.118. The van der Waals surface area contributed by atoms with Gasteiger partial charge in [-0.25, -0.2) is 0 Å². The average Bonchev–Trinajstić information content (AvgIpc) is 2.90. The molecule has 6 N–H and O–H groups in total. The van der Waals surface area contributed by atoms with Crippen LogP contribution in [0.2, 0.25) is 0 Å². The van der Waals surface area contributed by atoms with Crippen molar-refractivity contribution in [1.29, 1.82) is 0 Å². The van der Waals surface area contributed by atoms with Gasteiger partial charge in [-0.15, -0.1) is 0 Å². The number of benzene rings is 2. The number of fused-ring (bicyclic) bond motifs is 1. The van der Waals surface area contributed by atoms with Crippen LogP contribution in [0.4, 0.5) is 5.69 Å². The van der Waals surface area contributed by atoms with Crippen LogP contribution in [0.25, 0.3) is 22.0 Å². The summed E-state index contributed by atoms with van der Waals surface area (Å²) in [5, 5.41) is 9.95. The van der Waals surface area contributed by atoms with Crippen LogP contribution in [0.1, 0.15) is 5.56 Å². The number of nitrogen functional groups attached to an aromatic ring is 1. The number of aromatic nitrogens is 1. The summed E-state index contributed by atoms with van der Waals surface area (Å²) >= 11 is 0. The molecule has 1 atom stereocenters. The first-order chi connectivity index (χ1) is 10.6. The van der Waals surface area contributed by atoms with Crippen molar-refractivity contribution in [3.05, 3.63) is 54.2 Å². The molecule has 112 valence electrons. The van der Waals surface area contributed by atoms with Crippen molar-refractivity contribution in [3.8, 4) is 11.1 Å². The summed E-state index contributed by atoms with van der Waals surface area (Å²) in [6, 6.07) is 12.7. The highest BCUT2D eigenvalue weighted by atomic mass is 16.4. The van der Waals surface area contributed by atoms with Gasteiger partial charge in [0.05, 0.1) is 5.52 Å². The maximum atomic E-state index is 10.9. The Labute approximate surface area is 127 Å². The van der Waals surface area contributed by atoms with Gasteiger partial charge in [-0.3, -0.25) is 4.79 Å². The molecule has 1 heterocycles. The van der Waals surface area contributed by atoms with E-state index in [0.29, 0.717) is 5.69 Å². The highest BCUT2D eigenvalue weighted by molar-refractivity contribution is 5.96. The molecule has 5 nitrogen and oxygen atoms in total. The number of hydrogen-bond donors (Lipinski definition) is 4. The zero-order chi connectivity index (χ0) is 15.7. The third-order valence-corrected chi connectivity index (χ3v) is 3.76. The number of aliphatic carboxylic acids is 1. The van der Waals surface area contributed by atoms with Crippen LogP contribution in [0.5, 0.6) is 0 Å². The van der Waals surface area contributed by atoms with Crippen molar-refractivity contribution in [2.75, 3.05) is 5.73 Å². The van der Waals surface area contributed by atoms with Crippen molar-refractivity contribution >= 4 is 22.6 Å². The Morgan fingerprint density at radius 1 is 1.23 bits per heavy atom. The Morgan fingerprint density at radius 3 is 2.73 bits per heavy atom. The van der Waals surface area contributed by atoms with Crippen LogP contribution >= 0.6 is 0 Å². The molecular weight excluding hydrogens is 278 g/mol. The van der Waals surface area contributed by atoms with Gasteiger partial charge in [0.15, 0.2) is 0 Å². The quantitative estimate of drug-likeness (QED) is 0.554. The number of carboxylic acid groups (broad SMARTS) is 1. The molecule has 0 aliphatic rings. The van der Waals surface area contributed by atoms with E-state index >= 15 is 0 Å². The molecule has 0 aliphatic heterocycles. The van der Waals surface area contributed by atoms with Gasteiger partial charge < -0.3 is 21.6 Å². The van der Waals surface area contributed by atoms with Crippen LogP contribution < -0.4 is 11.5 Å². The Bertz CT molecular complexity index is 839. The SMILES string of the molecule is Nc1cccc(-c2cccc3c(C[C@H](N)C(=O)O)c[nH]c23)c1. The van der Waals surface area contributed by atoms with Gasteiger partial charge in [0.2, 0.25) is 0 Å². The van der Waals surface area contributed by atoms with Crippen molar-refractivity contribution in [2.45, 2.75) is 12.5 Å². The summed E-state index contributed by atoms with van der Waals surface area (Å²) in [6.07, 6.45) is 2.11. The molecule has 5 heteroatoms. The van der Waals surface area contributed by atoms with Gasteiger partial charge in [0, 0.05) is 29.3 Å². The number of carbonyl (C=O) groups is 1. The Hall–Kier alpha value is -2.79. The minimum atomic E-state index is -0.999. The zero-order valence-electron chi connectivity index (χ0n) is 11.9. The molecule has 0 unspecified atom stereocenters. The highest BCUT2D eigenvalue weighted by Gasteiger charge is 2.16. The largest absolute Gasteiger partial charge is 0.480 e. The number of nitrogens with two attached hydrogens (primary N) is 2. The number of hydrogen-bond acceptors (Lipinski definition) is 3. The first-order valence-corrected chi connectivity index (χ1v) is 6.99. The predicted molar refractivity (Wildman–Crippen MR) is 87.5 cm³/mol. The van der Waals surface area contributed by atoms with Crippen molar-refractivity contribution in [2.24, 2.45) is 5.73 Å². The minimum absolute atomic E-state index is 0.287. The van der Waals surface area contributed by atoms with E-state index in [1.165, 1.54) is 0 Å². The number of aromatic amines is 1. The van der Waals surface area contributed by atoms with E-state index < -0.39 is 12.0 Å². The molecule has 0 bridgehead atoms. The molecule has 0 saturated heterocycles. The van der Waals surface area contributed by atoms with Crippen LogP contribution in [0, 0.1) is 0 Å². The summed E-state index contributed by atoms with van der Waals surface area (Å²) in [4.78, 5) is 14.2. The van der Waals surface area contributed by atoms with Crippen molar-refractivity contribution < 1.29 is 9.90 Å². The summed E-state index contributed by atoms with van der Waals surface area (Å²) in [5.41, 5.74) is 16.1. The number of carboxylic acids is 1. The summed E-state index contributed by atoms with van der Waals surface area (Å²) in [7, 11) is 0. The smallest absolute Gasteiger partial charge is 0.320 e. The number of nitrogens with one attached hydrogen (secondary N) is 1. The monoisotopic (exact) mass is 295 g/mol. The van der Waals surface area contributed by atoms with Crippen molar-refractivity contribution in [3.63, 3.8) is 0 Å². The number of H-pyrrole nitrogens is 1. The molecular formula is C17H17N3O2. The second kappa shape index (κ2) is 5.54. The summed E-state index contributed by atoms with van der Waals surface area (Å²) < 4.78 is 0. The second-order valence-electron chi connectivity index (χ2n) is 5.32. The normalized spacial score (nSPS) is 12.4. The highest BCUT2D eigenvalue weighted by Crippen LogP contribution is 2.31. The fourth-order valence-electron chi connectivity index (χ4n) is 2.65. The van der Waals surface area contributed by atoms with Gasteiger partial charge in [0.1, 0.15) is 6.04 Å². The second-order valence-corrected chi connectivity index (χ2v) is 5.32. The average molecular weight is 295 g/mol. The van der Waals surface area contributed by atoms with Gasteiger partial charge in [-0.05, 0) is 23.3 Å². The van der Waals surface area contributed by atoms with Crippen molar-refractivity contribution in [1.82, 2.24) is 4.98 Å². The summed E-state index contributed by atoms with van der Waals surface area (Å²) in [5.74, 6) is -0.999. The van der Waals surface area contributed by atoms with Gasteiger partial charge >= 0.3 is 5.97 Å². The van der Waals surface area contributed by atoms with E-state index in [1.54, 1.807) is 0 Å². The molecule has 0 radical (unpaired) electrons. The number of anilines is 1. The lowest BCUT2D eigenvalue weighted by atomic mass is 9.99. The molecule has 22 heavy (non-hydrogen) atoms. The minimum Gasteiger partial charge on any atom is -0.480 e. The first-order valence-electron chi connectivity index (χ1n) is 6.99. The van der Waals surface area contributed by atoms with E-state index in [2.05, 4.69) is 4.98 Å². The molecule has 3 rings (SSSR count). The predicted octanol–water partition coefficient (Wildman–Crippen LogP) is 2.37.